The summed E-state index contributed by atoms with van der Waals surface area (Å²) in [6.45, 7) is 7.14. The molecule has 0 aliphatic rings. The van der Waals surface area contributed by atoms with Crippen LogP contribution in [0.15, 0.2) is 24.3 Å². The lowest BCUT2D eigenvalue weighted by Gasteiger charge is -2.21. The normalized spacial score (nSPS) is 14.7. The number of hydrogen-bond acceptors (Lipinski definition) is 15. The van der Waals surface area contributed by atoms with Crippen LogP contribution < -0.4 is 0 Å². The Kier molecular flexibility index (Phi) is 58.4. The third-order valence-electron chi connectivity index (χ3n) is 15.3. The minimum absolute atomic E-state index is 0.0849. The van der Waals surface area contributed by atoms with Crippen LogP contribution in [0.1, 0.15) is 317 Å². The topological polar surface area (TPSA) is 237 Å². The van der Waals surface area contributed by atoms with E-state index in [1.807, 2.05) is 0 Å². The number of aliphatic hydroxyl groups excluding tert-OH is 1. The molecule has 6 atom stereocenters. The minimum atomic E-state index is -4.96. The predicted molar refractivity (Wildman–Crippen MR) is 344 cm³/mol. The van der Waals surface area contributed by atoms with Crippen molar-refractivity contribution >= 4 is 39.5 Å². The predicted octanol–water partition coefficient (Wildman–Crippen LogP) is 18.5. The smallest absolute Gasteiger partial charge is 0.462 e. The van der Waals surface area contributed by atoms with E-state index >= 15 is 0 Å². The number of phosphoric ester groups is 2. The second-order valence-electron chi connectivity index (χ2n) is 23.8. The van der Waals surface area contributed by atoms with Crippen LogP contribution in [0.2, 0.25) is 0 Å². The molecule has 0 bridgehead atoms. The minimum Gasteiger partial charge on any atom is -0.462 e. The second-order valence-corrected chi connectivity index (χ2v) is 26.7. The van der Waals surface area contributed by atoms with E-state index in [0.29, 0.717) is 25.7 Å². The Balaban J connectivity index is 5.26. The van der Waals surface area contributed by atoms with Crippen LogP contribution in [0.5, 0.6) is 0 Å². The average Bonchev–Trinajstić information content (AvgIpc) is 3.63. The van der Waals surface area contributed by atoms with Crippen LogP contribution in [0, 0.1) is 5.92 Å². The Morgan fingerprint density at radius 1 is 0.372 bits per heavy atom. The number of ether oxygens (including phenoxy) is 4. The van der Waals surface area contributed by atoms with E-state index in [1.165, 1.54) is 122 Å². The lowest BCUT2D eigenvalue weighted by molar-refractivity contribution is -0.161. The average molecular weight is 1270 g/mol. The summed E-state index contributed by atoms with van der Waals surface area (Å²) in [7, 11) is -9.90. The zero-order valence-electron chi connectivity index (χ0n) is 54.9. The van der Waals surface area contributed by atoms with Crippen molar-refractivity contribution in [1.29, 1.82) is 0 Å². The summed E-state index contributed by atoms with van der Waals surface area (Å²) in [5.74, 6) is -1.35. The Morgan fingerprint density at radius 3 is 0.988 bits per heavy atom. The SMILES string of the molecule is CCCCCC/C=C\C=C/CCCCCCCC(=O)O[C@H](COC(=O)CCCCCCCCCCCCC(C)CC)COP(=O)(O)OC[C@@H](O)COP(=O)(O)OC[C@@H](COC(=O)CCCCCCCCCC)OC(=O)CCCCCCCCCCC. The molecule has 86 heavy (non-hydrogen) atoms. The monoisotopic (exact) mass is 1260 g/mol. The quantitative estimate of drug-likeness (QED) is 0.0169. The van der Waals surface area contributed by atoms with Crippen molar-refractivity contribution in [2.24, 2.45) is 5.92 Å². The summed E-state index contributed by atoms with van der Waals surface area (Å²) in [6.07, 6.45) is 48.0. The van der Waals surface area contributed by atoms with Crippen LogP contribution in [0.3, 0.4) is 0 Å². The highest BCUT2D eigenvalue weighted by Crippen LogP contribution is 2.45. The molecule has 506 valence electrons. The Labute approximate surface area is 522 Å². The van der Waals surface area contributed by atoms with E-state index in [2.05, 4.69) is 58.9 Å². The van der Waals surface area contributed by atoms with Gasteiger partial charge >= 0.3 is 39.5 Å². The van der Waals surface area contributed by atoms with E-state index in [1.54, 1.807) is 0 Å². The van der Waals surface area contributed by atoms with Crippen molar-refractivity contribution in [3.05, 3.63) is 24.3 Å². The molecule has 0 saturated carbocycles. The third-order valence-corrected chi connectivity index (χ3v) is 17.2. The number of esters is 4. The number of unbranched alkanes of at least 4 members (excludes halogenated alkanes) is 33. The molecule has 19 heteroatoms. The molecule has 0 amide bonds. The largest absolute Gasteiger partial charge is 0.472 e. The number of allylic oxidation sites excluding steroid dienone is 4. The van der Waals surface area contributed by atoms with Gasteiger partial charge in [-0.1, -0.05) is 264 Å². The summed E-state index contributed by atoms with van der Waals surface area (Å²) < 4.78 is 68.0. The second kappa shape index (κ2) is 60.1. The van der Waals surface area contributed by atoms with E-state index in [0.717, 1.165) is 115 Å². The number of phosphoric acid groups is 2. The maximum atomic E-state index is 13.0. The summed E-state index contributed by atoms with van der Waals surface area (Å²) >= 11 is 0. The van der Waals surface area contributed by atoms with Crippen LogP contribution in [0.4, 0.5) is 0 Å². The van der Waals surface area contributed by atoms with Crippen LogP contribution in [-0.2, 0) is 65.4 Å². The van der Waals surface area contributed by atoms with Gasteiger partial charge in [-0.3, -0.25) is 37.3 Å². The first-order valence-electron chi connectivity index (χ1n) is 34.5. The standard InChI is InChI=1S/C67H126O17P2/c1-6-10-13-16-19-22-23-24-25-26-27-33-38-43-48-53-67(72)84-63(57-78-65(70)51-46-41-36-32-29-28-31-34-39-44-49-60(5)9-4)59-82-86(75,76)80-55-61(68)54-79-85(73,74)81-58-62(56-77-64(69)50-45-40-35-21-18-15-12-8-3)83-66(71)52-47-42-37-30-20-17-14-11-7-2/h22-25,60-63,68H,6-21,26-59H2,1-5H3,(H,73,74)(H,75,76)/b23-22-,25-24-/t60?,61-,62+,63+/m0/s1. The van der Waals surface area contributed by atoms with Gasteiger partial charge in [0.1, 0.15) is 19.3 Å². The van der Waals surface area contributed by atoms with Crippen LogP contribution in [-0.4, -0.2) is 96.7 Å². The first-order valence-corrected chi connectivity index (χ1v) is 37.5. The highest BCUT2D eigenvalue weighted by Gasteiger charge is 2.30. The zero-order valence-corrected chi connectivity index (χ0v) is 56.7. The van der Waals surface area contributed by atoms with Crippen molar-refractivity contribution in [3.63, 3.8) is 0 Å². The van der Waals surface area contributed by atoms with Gasteiger partial charge in [0.15, 0.2) is 12.2 Å². The summed E-state index contributed by atoms with van der Waals surface area (Å²) in [6, 6.07) is 0. The number of carbonyl (C=O) groups is 4. The molecule has 0 heterocycles. The molecule has 0 aromatic rings. The van der Waals surface area contributed by atoms with Crippen molar-refractivity contribution in [1.82, 2.24) is 0 Å². The molecule has 0 saturated heterocycles. The molecule has 0 aromatic heterocycles. The molecule has 0 aliphatic carbocycles. The van der Waals surface area contributed by atoms with Crippen molar-refractivity contribution in [3.8, 4) is 0 Å². The fourth-order valence-corrected chi connectivity index (χ4v) is 11.1. The van der Waals surface area contributed by atoms with Crippen LogP contribution >= 0.6 is 15.6 Å². The molecule has 0 spiro atoms. The van der Waals surface area contributed by atoms with E-state index in [9.17, 15) is 43.2 Å². The molecule has 0 aromatic carbocycles. The fraction of sp³-hybridized carbons (Fsp3) is 0.881. The van der Waals surface area contributed by atoms with E-state index in [4.69, 9.17) is 37.0 Å². The summed E-state index contributed by atoms with van der Waals surface area (Å²) in [4.78, 5) is 72.2. The molecule has 0 fully saturated rings. The molecular formula is C67H126O17P2. The van der Waals surface area contributed by atoms with E-state index in [-0.39, 0.29) is 25.7 Å². The van der Waals surface area contributed by atoms with Gasteiger partial charge in [0.25, 0.3) is 0 Å². The molecule has 0 radical (unpaired) electrons. The molecule has 3 N–H and O–H groups in total. The van der Waals surface area contributed by atoms with Crippen molar-refractivity contribution in [2.75, 3.05) is 39.6 Å². The molecule has 3 unspecified atom stereocenters. The number of aliphatic hydroxyl groups is 1. The summed E-state index contributed by atoms with van der Waals surface area (Å²) in [5.41, 5.74) is 0. The summed E-state index contributed by atoms with van der Waals surface area (Å²) in [5, 5.41) is 10.5. The maximum Gasteiger partial charge on any atom is 0.472 e. The van der Waals surface area contributed by atoms with Gasteiger partial charge in [0.2, 0.25) is 0 Å². The number of rotatable bonds is 65. The number of carbonyl (C=O) groups excluding carboxylic acids is 4. The van der Waals surface area contributed by atoms with E-state index < -0.39 is 97.5 Å². The molecule has 0 rings (SSSR count). The number of hydrogen-bond donors (Lipinski definition) is 3. The van der Waals surface area contributed by atoms with Gasteiger partial charge in [-0.2, -0.15) is 0 Å². The lowest BCUT2D eigenvalue weighted by Crippen LogP contribution is -2.30. The van der Waals surface area contributed by atoms with Crippen LogP contribution in [0.25, 0.3) is 0 Å². The maximum absolute atomic E-state index is 13.0. The van der Waals surface area contributed by atoms with Gasteiger partial charge in [-0.25, -0.2) is 9.13 Å². The van der Waals surface area contributed by atoms with Gasteiger partial charge in [-0.15, -0.1) is 0 Å². The highest BCUT2D eigenvalue weighted by atomic mass is 31.2. The zero-order chi connectivity index (χ0) is 63.5. The van der Waals surface area contributed by atoms with Gasteiger partial charge in [0, 0.05) is 25.7 Å². The van der Waals surface area contributed by atoms with Gasteiger partial charge in [0.05, 0.1) is 26.4 Å². The highest BCUT2D eigenvalue weighted by molar-refractivity contribution is 7.47. The first kappa shape index (κ1) is 83.5. The molecule has 0 aliphatic heterocycles. The lowest BCUT2D eigenvalue weighted by atomic mass is 9.99. The third kappa shape index (κ3) is 59.2. The fourth-order valence-electron chi connectivity index (χ4n) is 9.54. The first-order chi connectivity index (χ1) is 41.6. The Morgan fingerprint density at radius 2 is 0.651 bits per heavy atom. The molecular weight excluding hydrogens is 1140 g/mol. The van der Waals surface area contributed by atoms with Gasteiger partial charge < -0.3 is 33.8 Å². The van der Waals surface area contributed by atoms with Gasteiger partial charge in [-0.05, 0) is 57.3 Å². The Bertz CT molecular complexity index is 1760. The van der Waals surface area contributed by atoms with Crippen molar-refractivity contribution in [2.45, 2.75) is 335 Å². The Hall–Kier alpha value is -2.46. The van der Waals surface area contributed by atoms with Crippen molar-refractivity contribution < 1.29 is 80.2 Å². The molecule has 17 nitrogen and oxygen atoms in total.